The van der Waals surface area contributed by atoms with Crippen molar-refractivity contribution in [3.8, 4) is 5.75 Å². The standard InChI is InChI=1S/C25H28F2N6O3S2/c1-4-8-15(5-2)13-18(34)28-24-32-30-20(37-24)9-6-7-10-21-31-33-25(38-21)29-19(35)14-16-11-12-17(26)23(36-3)22(16)27/h4-5,8,11-12,24,32H,1-2,6-7,9-10,13-14H2,3H3,(H,28,34)(H,29,33,35)/b15-8+. The fraction of sp³-hybridized carbons (Fsp3) is 0.320. The predicted molar refractivity (Wildman–Crippen MR) is 146 cm³/mol. The van der Waals surface area contributed by atoms with E-state index in [9.17, 15) is 18.4 Å². The fourth-order valence-corrected chi connectivity index (χ4v) is 5.15. The lowest BCUT2D eigenvalue weighted by molar-refractivity contribution is -0.120. The van der Waals surface area contributed by atoms with Crippen molar-refractivity contribution < 1.29 is 23.1 Å². The Morgan fingerprint density at radius 1 is 1.18 bits per heavy atom. The molecule has 1 unspecified atom stereocenters. The molecule has 0 saturated heterocycles. The van der Waals surface area contributed by atoms with E-state index in [1.807, 2.05) is 0 Å². The minimum atomic E-state index is -0.906. The molecule has 202 valence electrons. The molecule has 3 N–H and O–H groups in total. The Balaban J connectivity index is 1.36. The molecule has 1 aromatic carbocycles. The number of anilines is 1. The molecule has 1 aromatic heterocycles. The van der Waals surface area contributed by atoms with E-state index in [4.69, 9.17) is 4.74 Å². The van der Waals surface area contributed by atoms with Crippen LogP contribution in [0.1, 0.15) is 36.3 Å². The van der Waals surface area contributed by atoms with Gasteiger partial charge >= 0.3 is 0 Å². The number of carbonyl (C=O) groups excluding carboxylic acids is 2. The fourth-order valence-electron chi connectivity index (χ4n) is 3.42. The lowest BCUT2D eigenvalue weighted by Gasteiger charge is -2.11. The van der Waals surface area contributed by atoms with E-state index < -0.39 is 23.3 Å². The summed E-state index contributed by atoms with van der Waals surface area (Å²) in [4.78, 5) is 24.5. The maximum atomic E-state index is 14.3. The number of methoxy groups -OCH3 is 1. The van der Waals surface area contributed by atoms with Crippen LogP contribution in [0.4, 0.5) is 13.9 Å². The van der Waals surface area contributed by atoms with Gasteiger partial charge in [-0.3, -0.25) is 15.0 Å². The van der Waals surface area contributed by atoms with Gasteiger partial charge in [0.15, 0.2) is 22.9 Å². The number of amides is 2. The molecule has 0 saturated carbocycles. The van der Waals surface area contributed by atoms with E-state index in [1.165, 1.54) is 29.2 Å². The van der Waals surface area contributed by atoms with Crippen LogP contribution in [0.15, 0.2) is 54.2 Å². The molecule has 0 aliphatic carbocycles. The molecule has 13 heteroatoms. The number of thioether (sulfide) groups is 1. The molecule has 0 bridgehead atoms. The van der Waals surface area contributed by atoms with Crippen LogP contribution < -0.4 is 20.8 Å². The molecular formula is C25H28F2N6O3S2. The summed E-state index contributed by atoms with van der Waals surface area (Å²) < 4.78 is 32.5. The third-order valence-electron chi connectivity index (χ3n) is 5.24. The number of hydrazone groups is 1. The van der Waals surface area contributed by atoms with Gasteiger partial charge < -0.3 is 15.4 Å². The smallest absolute Gasteiger partial charge is 0.230 e. The Labute approximate surface area is 227 Å². The third-order valence-corrected chi connectivity index (χ3v) is 7.16. The van der Waals surface area contributed by atoms with Gasteiger partial charge in [-0.15, -0.1) is 10.2 Å². The molecule has 38 heavy (non-hydrogen) atoms. The number of halogens is 2. The maximum absolute atomic E-state index is 14.3. The maximum Gasteiger partial charge on any atom is 0.230 e. The van der Waals surface area contributed by atoms with Gasteiger partial charge in [-0.25, -0.2) is 8.78 Å². The van der Waals surface area contributed by atoms with Crippen LogP contribution in [0, 0.1) is 11.6 Å². The van der Waals surface area contributed by atoms with E-state index in [1.54, 1.807) is 18.2 Å². The van der Waals surface area contributed by atoms with E-state index >= 15 is 0 Å². The number of hydrogen-bond acceptors (Lipinski definition) is 9. The average molecular weight is 563 g/mol. The summed E-state index contributed by atoms with van der Waals surface area (Å²) in [5, 5.41) is 19.8. The van der Waals surface area contributed by atoms with E-state index in [0.717, 1.165) is 48.1 Å². The van der Waals surface area contributed by atoms with Gasteiger partial charge in [0.2, 0.25) is 16.9 Å². The summed E-state index contributed by atoms with van der Waals surface area (Å²) >= 11 is 2.70. The molecule has 1 aliphatic rings. The average Bonchev–Trinajstić information content (AvgIpc) is 3.52. The summed E-state index contributed by atoms with van der Waals surface area (Å²) in [5.74, 6) is -2.90. The van der Waals surface area contributed by atoms with Crippen molar-refractivity contribution >= 4 is 45.1 Å². The van der Waals surface area contributed by atoms with Crippen LogP contribution in [0.3, 0.4) is 0 Å². The first-order valence-electron chi connectivity index (χ1n) is 11.7. The minimum absolute atomic E-state index is 0.0144. The van der Waals surface area contributed by atoms with Gasteiger partial charge in [0, 0.05) is 12.0 Å². The van der Waals surface area contributed by atoms with E-state index in [0.29, 0.717) is 11.6 Å². The number of rotatable bonds is 14. The number of nitrogens with one attached hydrogen (secondary N) is 3. The number of aryl methyl sites for hydroxylation is 1. The summed E-state index contributed by atoms with van der Waals surface area (Å²) in [7, 11) is 1.16. The van der Waals surface area contributed by atoms with Gasteiger partial charge in [-0.1, -0.05) is 60.6 Å². The Morgan fingerprint density at radius 3 is 2.71 bits per heavy atom. The number of aromatic nitrogens is 2. The highest BCUT2D eigenvalue weighted by molar-refractivity contribution is 8.14. The second kappa shape index (κ2) is 14.4. The molecule has 1 atom stereocenters. The Morgan fingerprint density at radius 2 is 1.97 bits per heavy atom. The number of benzene rings is 1. The second-order valence-electron chi connectivity index (χ2n) is 8.04. The Kier molecular flexibility index (Phi) is 11.0. The number of carbonyl (C=O) groups is 2. The number of unbranched alkanes of at least 4 members (excludes halogenated alkanes) is 1. The molecular weight excluding hydrogens is 534 g/mol. The third kappa shape index (κ3) is 8.48. The zero-order valence-corrected chi connectivity index (χ0v) is 22.4. The highest BCUT2D eigenvalue weighted by atomic mass is 32.2. The van der Waals surface area contributed by atoms with Crippen LogP contribution in [-0.2, 0) is 22.4 Å². The first-order chi connectivity index (χ1) is 18.3. The van der Waals surface area contributed by atoms with Crippen LogP contribution in [-0.4, -0.2) is 39.7 Å². The molecule has 2 aromatic rings. The van der Waals surface area contributed by atoms with Crippen LogP contribution >= 0.6 is 23.1 Å². The summed E-state index contributed by atoms with van der Waals surface area (Å²) in [5.41, 5.74) is 3.40. The molecule has 0 fully saturated rings. The van der Waals surface area contributed by atoms with Crippen molar-refractivity contribution in [2.24, 2.45) is 5.10 Å². The van der Waals surface area contributed by atoms with Crippen molar-refractivity contribution in [1.82, 2.24) is 20.9 Å². The van der Waals surface area contributed by atoms with Crippen LogP contribution in [0.2, 0.25) is 0 Å². The quantitative estimate of drug-likeness (QED) is 0.230. The molecule has 9 nitrogen and oxygen atoms in total. The number of ether oxygens (including phenoxy) is 1. The molecule has 0 radical (unpaired) electrons. The van der Waals surface area contributed by atoms with Gasteiger partial charge in [-0.2, -0.15) is 5.10 Å². The van der Waals surface area contributed by atoms with Crippen molar-refractivity contribution in [3.05, 3.63) is 71.3 Å². The molecule has 1 aliphatic heterocycles. The zero-order valence-electron chi connectivity index (χ0n) is 20.8. The highest BCUT2D eigenvalue weighted by Gasteiger charge is 2.21. The second-order valence-corrected chi connectivity index (χ2v) is 10.3. The molecule has 2 amide bonds. The van der Waals surface area contributed by atoms with Crippen molar-refractivity contribution in [1.29, 1.82) is 0 Å². The SMILES string of the molecule is C=C/C=C(\C=C)CC(=O)NC1NN=C(CCCCc2nnc(NC(=O)Cc3ccc(F)c(OC)c3F)s2)S1. The first kappa shape index (κ1) is 29.0. The minimum Gasteiger partial charge on any atom is -0.491 e. The van der Waals surface area contributed by atoms with Crippen molar-refractivity contribution in [3.63, 3.8) is 0 Å². The van der Waals surface area contributed by atoms with Crippen molar-refractivity contribution in [2.75, 3.05) is 12.4 Å². The summed E-state index contributed by atoms with van der Waals surface area (Å²) in [6.07, 6.45) is 7.99. The molecule has 3 rings (SSSR count). The molecule has 2 heterocycles. The van der Waals surface area contributed by atoms with Gasteiger partial charge in [0.1, 0.15) is 5.01 Å². The van der Waals surface area contributed by atoms with Crippen molar-refractivity contribution in [2.45, 2.75) is 44.0 Å². The zero-order chi connectivity index (χ0) is 27.5. The van der Waals surface area contributed by atoms with E-state index in [2.05, 4.69) is 44.5 Å². The van der Waals surface area contributed by atoms with Gasteiger partial charge in [0.05, 0.1) is 25.0 Å². The van der Waals surface area contributed by atoms with Crippen LogP contribution in [0.25, 0.3) is 0 Å². The largest absolute Gasteiger partial charge is 0.491 e. The topological polar surface area (TPSA) is 118 Å². The normalized spacial score (nSPS) is 14.9. The van der Waals surface area contributed by atoms with E-state index in [-0.39, 0.29) is 29.8 Å². The lowest BCUT2D eigenvalue weighted by atomic mass is 10.1. The predicted octanol–water partition coefficient (Wildman–Crippen LogP) is 4.46. The highest BCUT2D eigenvalue weighted by Crippen LogP contribution is 2.25. The van der Waals surface area contributed by atoms with Crippen LogP contribution in [0.5, 0.6) is 5.75 Å². The monoisotopic (exact) mass is 562 g/mol. The number of allylic oxidation sites excluding steroid dienone is 3. The number of nitrogens with zero attached hydrogens (tertiary/aromatic N) is 3. The van der Waals surface area contributed by atoms with Gasteiger partial charge in [0.25, 0.3) is 0 Å². The Bertz CT molecular complexity index is 1250. The lowest BCUT2D eigenvalue weighted by Crippen LogP contribution is -2.38. The molecule has 0 spiro atoms. The number of hydrogen-bond donors (Lipinski definition) is 3. The first-order valence-corrected chi connectivity index (χ1v) is 13.4. The summed E-state index contributed by atoms with van der Waals surface area (Å²) in [6, 6.07) is 2.26. The Hall–Kier alpha value is -3.58. The van der Waals surface area contributed by atoms with Gasteiger partial charge in [-0.05, 0) is 30.9 Å². The summed E-state index contributed by atoms with van der Waals surface area (Å²) in [6.45, 7) is 7.31.